The second-order valence-corrected chi connectivity index (χ2v) is 7.79. The normalized spacial score (nSPS) is 11.3. The van der Waals surface area contributed by atoms with Crippen LogP contribution in [0.3, 0.4) is 0 Å². The summed E-state index contributed by atoms with van der Waals surface area (Å²) in [6.45, 7) is 0.0329. The lowest BCUT2D eigenvalue weighted by Gasteiger charge is -2.07. The van der Waals surface area contributed by atoms with Crippen LogP contribution in [0, 0.1) is 5.82 Å². The van der Waals surface area contributed by atoms with E-state index in [0.29, 0.717) is 10.8 Å². The van der Waals surface area contributed by atoms with E-state index in [1.807, 2.05) is 12.1 Å². The van der Waals surface area contributed by atoms with E-state index in [4.69, 9.17) is 21.5 Å². The number of carbonyl (C=O) groups is 1. The van der Waals surface area contributed by atoms with Crippen LogP contribution in [0.25, 0.3) is 0 Å². The van der Waals surface area contributed by atoms with Crippen molar-refractivity contribution >= 4 is 39.4 Å². The maximum Gasteiger partial charge on any atom is 0.341 e. The second-order valence-electron chi connectivity index (χ2n) is 4.62. The lowest BCUT2D eigenvalue weighted by molar-refractivity contribution is 0.0524. The fourth-order valence-electron chi connectivity index (χ4n) is 1.74. The predicted octanol–water partition coefficient (Wildman–Crippen LogP) is 3.08. The van der Waals surface area contributed by atoms with Gasteiger partial charge in [0, 0.05) is 15.7 Å². The first-order valence-electron chi connectivity index (χ1n) is 6.65. The number of nitrogens with two attached hydrogens (primary N) is 1. The molecular formula is C15H13ClFNO4S2. The van der Waals surface area contributed by atoms with Crippen LogP contribution in [0.5, 0.6) is 0 Å². The summed E-state index contributed by atoms with van der Waals surface area (Å²) in [4.78, 5) is 12.5. The highest BCUT2D eigenvalue weighted by atomic mass is 35.5. The van der Waals surface area contributed by atoms with Gasteiger partial charge in [-0.05, 0) is 42.5 Å². The van der Waals surface area contributed by atoms with Crippen molar-refractivity contribution in [2.75, 3.05) is 12.4 Å². The van der Waals surface area contributed by atoms with E-state index < -0.39 is 27.4 Å². The Morgan fingerprint density at radius 3 is 2.50 bits per heavy atom. The Morgan fingerprint density at radius 2 is 1.88 bits per heavy atom. The molecule has 2 N–H and O–H groups in total. The Bertz CT molecular complexity index is 841. The first-order chi connectivity index (χ1) is 11.3. The minimum atomic E-state index is -4.03. The minimum absolute atomic E-state index is 0.0329. The topological polar surface area (TPSA) is 86.5 Å². The average molecular weight is 390 g/mol. The molecule has 0 heterocycles. The Balaban J connectivity index is 1.94. The number of rotatable bonds is 6. The predicted molar refractivity (Wildman–Crippen MR) is 90.2 cm³/mol. The third-order valence-electron chi connectivity index (χ3n) is 2.89. The van der Waals surface area contributed by atoms with Gasteiger partial charge in [-0.15, -0.1) is 11.8 Å². The molecule has 0 amide bonds. The third-order valence-corrected chi connectivity index (χ3v) is 5.02. The largest absolute Gasteiger partial charge is 0.461 e. The van der Waals surface area contributed by atoms with Crippen LogP contribution in [0.4, 0.5) is 4.39 Å². The summed E-state index contributed by atoms with van der Waals surface area (Å²) in [7, 11) is -4.03. The molecule has 0 radical (unpaired) electrons. The number of thioether (sulfide) groups is 1. The zero-order chi connectivity index (χ0) is 17.7. The van der Waals surface area contributed by atoms with E-state index >= 15 is 0 Å². The van der Waals surface area contributed by atoms with Crippen LogP contribution in [-0.2, 0) is 14.8 Å². The quantitative estimate of drug-likeness (QED) is 0.466. The SMILES string of the molecule is NS(=O)(=O)c1ccc(F)c(C(=O)OCCSc2ccc(Cl)cc2)c1. The molecule has 0 fully saturated rings. The molecule has 2 rings (SSSR count). The van der Waals surface area contributed by atoms with E-state index in [1.54, 1.807) is 12.1 Å². The van der Waals surface area contributed by atoms with Crippen molar-refractivity contribution in [2.45, 2.75) is 9.79 Å². The molecule has 9 heteroatoms. The summed E-state index contributed by atoms with van der Waals surface area (Å²) < 4.78 is 41.1. The molecule has 0 saturated carbocycles. The van der Waals surface area contributed by atoms with Gasteiger partial charge in [0.25, 0.3) is 0 Å². The summed E-state index contributed by atoms with van der Waals surface area (Å²) in [6, 6.07) is 9.83. The van der Waals surface area contributed by atoms with Gasteiger partial charge in [0.05, 0.1) is 10.5 Å². The molecule has 2 aromatic rings. The second kappa shape index (κ2) is 7.98. The van der Waals surface area contributed by atoms with E-state index in [1.165, 1.54) is 11.8 Å². The summed E-state index contributed by atoms with van der Waals surface area (Å²) in [5.41, 5.74) is -0.474. The fourth-order valence-corrected chi connectivity index (χ4v) is 3.14. The molecule has 0 aromatic heterocycles. The van der Waals surface area contributed by atoms with Gasteiger partial charge in [-0.25, -0.2) is 22.7 Å². The molecule has 0 saturated heterocycles. The molecule has 2 aromatic carbocycles. The van der Waals surface area contributed by atoms with Crippen molar-refractivity contribution < 1.29 is 22.3 Å². The van der Waals surface area contributed by atoms with Crippen molar-refractivity contribution in [3.05, 3.63) is 58.9 Å². The zero-order valence-corrected chi connectivity index (χ0v) is 14.6. The van der Waals surface area contributed by atoms with Gasteiger partial charge < -0.3 is 4.74 Å². The van der Waals surface area contributed by atoms with Crippen molar-refractivity contribution in [2.24, 2.45) is 5.14 Å². The summed E-state index contributed by atoms with van der Waals surface area (Å²) >= 11 is 7.21. The van der Waals surface area contributed by atoms with Gasteiger partial charge in [0.15, 0.2) is 0 Å². The van der Waals surface area contributed by atoms with E-state index in [0.717, 1.165) is 23.1 Å². The monoisotopic (exact) mass is 389 g/mol. The van der Waals surface area contributed by atoms with Crippen molar-refractivity contribution in [1.82, 2.24) is 0 Å². The van der Waals surface area contributed by atoms with Gasteiger partial charge in [0.1, 0.15) is 12.4 Å². The Hall–Kier alpha value is -1.61. The molecule has 0 unspecified atom stereocenters. The number of benzene rings is 2. The fraction of sp³-hybridized carbons (Fsp3) is 0.133. The van der Waals surface area contributed by atoms with Gasteiger partial charge in [-0.3, -0.25) is 0 Å². The van der Waals surface area contributed by atoms with Gasteiger partial charge in [-0.1, -0.05) is 11.6 Å². The minimum Gasteiger partial charge on any atom is -0.461 e. The molecule has 0 spiro atoms. The molecule has 5 nitrogen and oxygen atoms in total. The maximum absolute atomic E-state index is 13.7. The van der Waals surface area contributed by atoms with E-state index in [-0.39, 0.29) is 11.5 Å². The summed E-state index contributed by atoms with van der Waals surface area (Å²) in [6.07, 6.45) is 0. The molecule has 0 aliphatic heterocycles. The number of hydrogen-bond acceptors (Lipinski definition) is 5. The van der Waals surface area contributed by atoms with Gasteiger partial charge >= 0.3 is 5.97 Å². The first-order valence-corrected chi connectivity index (χ1v) is 9.56. The number of esters is 1. The molecule has 0 atom stereocenters. The number of primary sulfonamides is 1. The van der Waals surface area contributed by atoms with Crippen LogP contribution in [-0.4, -0.2) is 26.7 Å². The van der Waals surface area contributed by atoms with Gasteiger partial charge in [-0.2, -0.15) is 0 Å². The van der Waals surface area contributed by atoms with Crippen LogP contribution in [0.1, 0.15) is 10.4 Å². The molecule has 0 bridgehead atoms. The number of ether oxygens (including phenoxy) is 1. The van der Waals surface area contributed by atoms with Crippen LogP contribution in [0.2, 0.25) is 5.02 Å². The average Bonchev–Trinajstić information content (AvgIpc) is 2.52. The van der Waals surface area contributed by atoms with Crippen molar-refractivity contribution in [3.8, 4) is 0 Å². The highest BCUT2D eigenvalue weighted by Crippen LogP contribution is 2.20. The highest BCUT2D eigenvalue weighted by molar-refractivity contribution is 7.99. The van der Waals surface area contributed by atoms with E-state index in [2.05, 4.69) is 0 Å². The number of halogens is 2. The maximum atomic E-state index is 13.7. The first kappa shape index (κ1) is 18.7. The van der Waals surface area contributed by atoms with Gasteiger partial charge in [0.2, 0.25) is 10.0 Å². The number of hydrogen-bond donors (Lipinski definition) is 1. The highest BCUT2D eigenvalue weighted by Gasteiger charge is 2.17. The van der Waals surface area contributed by atoms with Crippen molar-refractivity contribution in [1.29, 1.82) is 0 Å². The zero-order valence-electron chi connectivity index (χ0n) is 12.2. The molecular weight excluding hydrogens is 377 g/mol. The standard InChI is InChI=1S/C15H13ClFNO4S2/c16-10-1-3-11(4-2-10)23-8-7-22-15(19)13-9-12(24(18,20)21)5-6-14(13)17/h1-6,9H,7-8H2,(H2,18,20,21). The molecule has 0 aliphatic rings. The van der Waals surface area contributed by atoms with Crippen LogP contribution >= 0.6 is 23.4 Å². The molecule has 0 aliphatic carbocycles. The summed E-state index contributed by atoms with van der Waals surface area (Å²) in [5, 5.41) is 5.58. The lowest BCUT2D eigenvalue weighted by Crippen LogP contribution is -2.15. The number of carbonyl (C=O) groups excluding carboxylic acids is 1. The summed E-state index contributed by atoms with van der Waals surface area (Å²) in [5.74, 6) is -1.38. The van der Waals surface area contributed by atoms with Crippen LogP contribution < -0.4 is 5.14 Å². The van der Waals surface area contributed by atoms with E-state index in [9.17, 15) is 17.6 Å². The number of sulfonamides is 1. The third kappa shape index (κ3) is 5.20. The molecule has 128 valence electrons. The Labute approximate surface area is 148 Å². The lowest BCUT2D eigenvalue weighted by atomic mass is 10.2. The Kier molecular flexibility index (Phi) is 6.22. The van der Waals surface area contributed by atoms with Crippen molar-refractivity contribution in [3.63, 3.8) is 0 Å². The smallest absolute Gasteiger partial charge is 0.341 e. The Morgan fingerprint density at radius 1 is 1.21 bits per heavy atom. The molecule has 24 heavy (non-hydrogen) atoms. The van der Waals surface area contributed by atoms with Crippen LogP contribution in [0.15, 0.2) is 52.3 Å².